The first-order valence-electron chi connectivity index (χ1n) is 18.1. The number of carboxylic acid groups (broad SMARTS) is 1. The van der Waals surface area contributed by atoms with E-state index in [-0.39, 0.29) is 18.5 Å². The molecule has 3 saturated carbocycles. The molecule has 0 aromatic rings. The van der Waals surface area contributed by atoms with Crippen LogP contribution in [0, 0.1) is 52.3 Å². The van der Waals surface area contributed by atoms with Crippen LogP contribution in [0.1, 0.15) is 157 Å². The molecule has 4 aliphatic carbocycles. The van der Waals surface area contributed by atoms with E-state index in [0.717, 1.165) is 86.4 Å². The SMILES string of the molecule is CC[C@H](CC[C@@H](C)[C@H]1CC[C@H]2[C@@H]3CC=C4C[C@@H](OC(=O)CCCCCCCC(=O)O)CC[C@]4(C)[C@H]3CC[C@]12C)C(C)C. The van der Waals surface area contributed by atoms with Crippen LogP contribution >= 0.6 is 0 Å². The van der Waals surface area contributed by atoms with Crippen molar-refractivity contribution in [2.24, 2.45) is 52.3 Å². The number of allylic oxidation sites excluding steroid dienone is 1. The summed E-state index contributed by atoms with van der Waals surface area (Å²) in [7, 11) is 0. The zero-order valence-electron chi connectivity index (χ0n) is 28.1. The highest BCUT2D eigenvalue weighted by atomic mass is 16.5. The largest absolute Gasteiger partial charge is 0.481 e. The first kappa shape index (κ1) is 33.6. The number of rotatable bonds is 15. The molecule has 3 fully saturated rings. The smallest absolute Gasteiger partial charge is 0.306 e. The molecule has 9 atom stereocenters. The highest BCUT2D eigenvalue weighted by Crippen LogP contribution is 2.67. The number of carboxylic acids is 1. The van der Waals surface area contributed by atoms with Gasteiger partial charge < -0.3 is 9.84 Å². The Kier molecular flexibility index (Phi) is 11.7. The molecule has 0 aromatic carbocycles. The van der Waals surface area contributed by atoms with E-state index in [4.69, 9.17) is 9.84 Å². The fraction of sp³-hybridized carbons (Fsp3) is 0.895. The Bertz CT molecular complexity index is 937. The molecule has 0 spiro atoms. The number of unbranched alkanes of at least 4 members (excludes halogenated alkanes) is 4. The van der Waals surface area contributed by atoms with Gasteiger partial charge >= 0.3 is 11.9 Å². The fourth-order valence-electron chi connectivity index (χ4n) is 10.7. The van der Waals surface area contributed by atoms with E-state index in [2.05, 4.69) is 47.6 Å². The monoisotopic (exact) mass is 584 g/mol. The predicted molar refractivity (Wildman–Crippen MR) is 172 cm³/mol. The zero-order valence-corrected chi connectivity index (χ0v) is 28.1. The highest BCUT2D eigenvalue weighted by molar-refractivity contribution is 5.69. The molecule has 42 heavy (non-hydrogen) atoms. The summed E-state index contributed by atoms with van der Waals surface area (Å²) in [6.07, 6.45) is 22.0. The van der Waals surface area contributed by atoms with Gasteiger partial charge in [0.25, 0.3) is 0 Å². The molecule has 1 N–H and O–H groups in total. The second-order valence-electron chi connectivity index (χ2n) is 16.0. The number of fused-ring (bicyclic) bond motifs is 5. The Morgan fingerprint density at radius 2 is 1.64 bits per heavy atom. The summed E-state index contributed by atoms with van der Waals surface area (Å²) in [5, 5.41) is 8.75. The van der Waals surface area contributed by atoms with Gasteiger partial charge in [0, 0.05) is 19.3 Å². The van der Waals surface area contributed by atoms with Crippen LogP contribution in [-0.4, -0.2) is 23.1 Å². The Hall–Kier alpha value is -1.32. The first-order valence-corrected chi connectivity index (χ1v) is 18.1. The minimum Gasteiger partial charge on any atom is -0.481 e. The van der Waals surface area contributed by atoms with Crippen LogP contribution in [0.15, 0.2) is 11.6 Å². The van der Waals surface area contributed by atoms with Crippen LogP contribution in [0.5, 0.6) is 0 Å². The van der Waals surface area contributed by atoms with Crippen LogP contribution in [0.2, 0.25) is 0 Å². The lowest BCUT2D eigenvalue weighted by atomic mass is 9.47. The molecule has 0 unspecified atom stereocenters. The standard InChI is InChI=1S/C38H64O4/c1-7-28(26(2)3)16-15-27(4)32-19-20-33-31-18-17-29-25-30(21-23-37(29,5)34(31)22-24-38(32,33)6)42-36(41)14-12-10-8-9-11-13-35(39)40/h17,26-28,30-34H,7-16,18-25H2,1-6H3,(H,39,40)/t27-,28-,30+,31+,32-,33+,34+,37+,38-/m1/s1. The lowest BCUT2D eigenvalue weighted by molar-refractivity contribution is -0.151. The molecule has 4 nitrogen and oxygen atoms in total. The number of carbonyl (C=O) groups is 2. The second kappa shape index (κ2) is 14.6. The summed E-state index contributed by atoms with van der Waals surface area (Å²) in [5.74, 6) is 5.18. The van der Waals surface area contributed by atoms with Gasteiger partial charge in [-0.3, -0.25) is 9.59 Å². The minimum atomic E-state index is -0.720. The maximum Gasteiger partial charge on any atom is 0.306 e. The van der Waals surface area contributed by atoms with Crippen molar-refractivity contribution in [1.82, 2.24) is 0 Å². The molecule has 0 heterocycles. The number of ether oxygens (including phenoxy) is 1. The third-order valence-electron chi connectivity index (χ3n) is 13.3. The van der Waals surface area contributed by atoms with E-state index in [1.54, 1.807) is 5.57 Å². The average molecular weight is 585 g/mol. The number of hydrogen-bond acceptors (Lipinski definition) is 3. The van der Waals surface area contributed by atoms with Crippen molar-refractivity contribution >= 4 is 11.9 Å². The third kappa shape index (κ3) is 7.48. The van der Waals surface area contributed by atoms with E-state index in [0.29, 0.717) is 17.3 Å². The maximum atomic E-state index is 12.6. The average Bonchev–Trinajstić information content (AvgIpc) is 3.30. The van der Waals surface area contributed by atoms with Gasteiger partial charge in [-0.15, -0.1) is 0 Å². The van der Waals surface area contributed by atoms with E-state index >= 15 is 0 Å². The molecule has 0 bridgehead atoms. The summed E-state index contributed by atoms with van der Waals surface area (Å²) in [5.41, 5.74) is 2.40. The molecule has 4 rings (SSSR count). The maximum absolute atomic E-state index is 12.6. The highest BCUT2D eigenvalue weighted by Gasteiger charge is 2.59. The van der Waals surface area contributed by atoms with Crippen LogP contribution in [0.3, 0.4) is 0 Å². The van der Waals surface area contributed by atoms with Crippen molar-refractivity contribution in [3.8, 4) is 0 Å². The topological polar surface area (TPSA) is 63.6 Å². The van der Waals surface area contributed by atoms with Gasteiger partial charge in [0.1, 0.15) is 6.10 Å². The van der Waals surface area contributed by atoms with Crippen LogP contribution in [0.4, 0.5) is 0 Å². The van der Waals surface area contributed by atoms with Gasteiger partial charge in [0.15, 0.2) is 0 Å². The molecule has 0 amide bonds. The van der Waals surface area contributed by atoms with Crippen molar-refractivity contribution in [3.63, 3.8) is 0 Å². The van der Waals surface area contributed by atoms with Gasteiger partial charge in [-0.1, -0.05) is 85.3 Å². The Morgan fingerprint density at radius 1 is 0.929 bits per heavy atom. The molecule has 0 aliphatic heterocycles. The molecular weight excluding hydrogens is 520 g/mol. The van der Waals surface area contributed by atoms with Gasteiger partial charge in [-0.2, -0.15) is 0 Å². The molecule has 4 heteroatoms. The third-order valence-corrected chi connectivity index (χ3v) is 13.3. The normalized spacial score (nSPS) is 35.5. The van der Waals surface area contributed by atoms with Crippen molar-refractivity contribution in [3.05, 3.63) is 11.6 Å². The number of hydrogen-bond donors (Lipinski definition) is 1. The van der Waals surface area contributed by atoms with Gasteiger partial charge in [0.2, 0.25) is 0 Å². The summed E-state index contributed by atoms with van der Waals surface area (Å²) in [6.45, 7) is 15.0. The Labute approximate surface area is 258 Å². The number of esters is 1. The van der Waals surface area contributed by atoms with Crippen LogP contribution < -0.4 is 0 Å². The quantitative estimate of drug-likeness (QED) is 0.118. The Balaban J connectivity index is 1.28. The molecular formula is C38H64O4. The van der Waals surface area contributed by atoms with Crippen molar-refractivity contribution in [2.45, 2.75) is 163 Å². The summed E-state index contributed by atoms with van der Waals surface area (Å²) in [4.78, 5) is 23.2. The Morgan fingerprint density at radius 3 is 2.33 bits per heavy atom. The summed E-state index contributed by atoms with van der Waals surface area (Å²) >= 11 is 0. The van der Waals surface area contributed by atoms with E-state index < -0.39 is 5.97 Å². The summed E-state index contributed by atoms with van der Waals surface area (Å²) < 4.78 is 6.01. The van der Waals surface area contributed by atoms with E-state index in [1.807, 2.05) is 0 Å². The second-order valence-corrected chi connectivity index (χ2v) is 16.0. The lowest BCUT2D eigenvalue weighted by Crippen LogP contribution is -2.51. The van der Waals surface area contributed by atoms with Crippen molar-refractivity contribution in [2.75, 3.05) is 0 Å². The first-order chi connectivity index (χ1) is 20.0. The molecule has 0 radical (unpaired) electrons. The summed E-state index contributed by atoms with van der Waals surface area (Å²) in [6, 6.07) is 0. The molecule has 240 valence electrons. The number of carbonyl (C=O) groups excluding carboxylic acids is 1. The van der Waals surface area contributed by atoms with Gasteiger partial charge in [-0.05, 0) is 116 Å². The fourth-order valence-corrected chi connectivity index (χ4v) is 10.7. The minimum absolute atomic E-state index is 0.0402. The van der Waals surface area contributed by atoms with Crippen LogP contribution in [-0.2, 0) is 14.3 Å². The lowest BCUT2D eigenvalue weighted by Gasteiger charge is -2.58. The van der Waals surface area contributed by atoms with Crippen molar-refractivity contribution < 1.29 is 19.4 Å². The molecule has 0 aromatic heterocycles. The zero-order chi connectivity index (χ0) is 30.5. The van der Waals surface area contributed by atoms with Gasteiger partial charge in [0.05, 0.1) is 0 Å². The van der Waals surface area contributed by atoms with Crippen LogP contribution in [0.25, 0.3) is 0 Å². The van der Waals surface area contributed by atoms with Gasteiger partial charge in [-0.25, -0.2) is 0 Å². The van der Waals surface area contributed by atoms with Crippen molar-refractivity contribution in [1.29, 1.82) is 0 Å². The molecule has 0 saturated heterocycles. The van der Waals surface area contributed by atoms with E-state index in [9.17, 15) is 9.59 Å². The van der Waals surface area contributed by atoms with E-state index in [1.165, 1.54) is 57.8 Å². The molecule has 4 aliphatic rings. The number of aliphatic carboxylic acids is 1. The predicted octanol–water partition coefficient (Wildman–Crippen LogP) is 10.4.